The van der Waals surface area contributed by atoms with Crippen LogP contribution in [-0.4, -0.2) is 61.7 Å². The fourth-order valence-electron chi connectivity index (χ4n) is 3.13. The van der Waals surface area contributed by atoms with Crippen LogP contribution in [0.2, 0.25) is 0 Å². The van der Waals surface area contributed by atoms with Crippen molar-refractivity contribution in [3.05, 3.63) is 15.4 Å². The molecule has 0 bridgehead atoms. The highest BCUT2D eigenvalue weighted by Gasteiger charge is 2.46. The number of carbonyl (C=O) groups excluding carboxylic acids is 1. The quantitative estimate of drug-likeness (QED) is 0.430. The van der Waals surface area contributed by atoms with Crippen molar-refractivity contribution < 1.29 is 24.5 Å². The van der Waals surface area contributed by atoms with Gasteiger partial charge in [0.1, 0.15) is 31.0 Å². The van der Waals surface area contributed by atoms with Gasteiger partial charge in [-0.25, -0.2) is 4.98 Å². The fraction of sp³-hybridized carbons (Fsp3) is 0.647. The summed E-state index contributed by atoms with van der Waals surface area (Å²) in [5.74, 6) is -0.721. The van der Waals surface area contributed by atoms with E-state index in [2.05, 4.69) is 9.97 Å². The van der Waals surface area contributed by atoms with Crippen LogP contribution < -0.4 is 16.3 Å². The van der Waals surface area contributed by atoms with Gasteiger partial charge in [0.25, 0.3) is 0 Å². The summed E-state index contributed by atoms with van der Waals surface area (Å²) < 4.78 is 12.5. The topological polar surface area (TPSA) is 176 Å². The molecular formula is C17H25N5O6S. The van der Waals surface area contributed by atoms with E-state index in [1.807, 2.05) is 13.8 Å². The Morgan fingerprint density at radius 3 is 2.72 bits per heavy atom. The zero-order chi connectivity index (χ0) is 21.5. The molecule has 6 N–H and O–H groups in total. The second kappa shape index (κ2) is 8.32. The molecule has 1 saturated heterocycles. The number of fused-ring (bicyclic) bond motifs is 1. The van der Waals surface area contributed by atoms with Crippen LogP contribution in [0.5, 0.6) is 0 Å². The Hall–Kier alpha value is -2.12. The number of aliphatic hydroxyl groups excluding tert-OH is 2. The fourth-order valence-corrected chi connectivity index (χ4v) is 4.02. The summed E-state index contributed by atoms with van der Waals surface area (Å²) in [5.41, 5.74) is 12.2. The molecule has 2 aromatic rings. The molecule has 160 valence electrons. The molecule has 11 nitrogen and oxygen atoms in total. The van der Waals surface area contributed by atoms with Gasteiger partial charge in [0.15, 0.2) is 11.9 Å². The molecule has 3 rings (SSSR count). The number of carbonyl (C=O) groups is 1. The molecule has 29 heavy (non-hydrogen) atoms. The minimum atomic E-state index is -1.44. The molecule has 12 heteroatoms. The van der Waals surface area contributed by atoms with Crippen molar-refractivity contribution in [2.45, 2.75) is 57.8 Å². The first-order valence-corrected chi connectivity index (χ1v) is 10.1. The van der Waals surface area contributed by atoms with Gasteiger partial charge in [-0.05, 0) is 12.8 Å². The van der Waals surface area contributed by atoms with Gasteiger partial charge in [0.2, 0.25) is 5.95 Å². The number of aliphatic hydroxyl groups is 2. The number of ether oxygens (including phenoxy) is 2. The van der Waals surface area contributed by atoms with E-state index < -0.39 is 41.4 Å². The smallest absolute Gasteiger partial charge is 0.323 e. The summed E-state index contributed by atoms with van der Waals surface area (Å²) in [4.78, 5) is 32.2. The predicted octanol–water partition coefficient (Wildman–Crippen LogP) is -0.721. The highest BCUT2D eigenvalue weighted by atomic mass is 32.1. The molecule has 0 aliphatic carbocycles. The van der Waals surface area contributed by atoms with Crippen molar-refractivity contribution in [3.63, 3.8) is 0 Å². The second-order valence-electron chi connectivity index (χ2n) is 7.15. The van der Waals surface area contributed by atoms with E-state index in [9.17, 15) is 19.8 Å². The number of nitrogens with two attached hydrogens (primary N) is 2. The molecule has 0 radical (unpaired) electrons. The van der Waals surface area contributed by atoms with Gasteiger partial charge in [-0.2, -0.15) is 4.98 Å². The van der Waals surface area contributed by atoms with Gasteiger partial charge in [0.05, 0.1) is 10.4 Å². The van der Waals surface area contributed by atoms with E-state index in [0.29, 0.717) is 16.8 Å². The minimum absolute atomic E-state index is 0.0286. The standard InChI is InChI=1S/C17H25N5O6S/c1-4-6(2)9(18)15(25)27-5-8-10(23)11(24)14(28-8)22-13-12(29-17(22)26)7(3)20-16(19)21-13/h6,8-11,14,23-24H,4-5,18H2,1-3H3,(H2,19,20,21)/t6?,8-,9+,10-,11-,14-/m1/s1. The van der Waals surface area contributed by atoms with Crippen LogP contribution in [0.4, 0.5) is 5.95 Å². The van der Waals surface area contributed by atoms with Gasteiger partial charge in [0, 0.05) is 0 Å². The molecule has 0 spiro atoms. The van der Waals surface area contributed by atoms with Crippen LogP contribution >= 0.6 is 11.3 Å². The van der Waals surface area contributed by atoms with Crippen LogP contribution in [0.1, 0.15) is 32.2 Å². The van der Waals surface area contributed by atoms with Crippen LogP contribution in [0.15, 0.2) is 4.79 Å². The predicted molar refractivity (Wildman–Crippen MR) is 105 cm³/mol. The van der Waals surface area contributed by atoms with Crippen molar-refractivity contribution in [2.75, 3.05) is 12.3 Å². The Labute approximate surface area is 170 Å². The Balaban J connectivity index is 1.80. The molecule has 0 aromatic carbocycles. The summed E-state index contributed by atoms with van der Waals surface area (Å²) in [6.07, 6.45) is -4.36. The highest BCUT2D eigenvalue weighted by molar-refractivity contribution is 7.16. The molecule has 6 atom stereocenters. The average molecular weight is 427 g/mol. The lowest BCUT2D eigenvalue weighted by Crippen LogP contribution is -2.40. The normalized spacial score (nSPS) is 26.6. The first-order chi connectivity index (χ1) is 13.6. The van der Waals surface area contributed by atoms with Gasteiger partial charge in [-0.1, -0.05) is 31.6 Å². The maximum absolute atomic E-state index is 12.5. The largest absolute Gasteiger partial charge is 0.462 e. The van der Waals surface area contributed by atoms with E-state index in [-0.39, 0.29) is 24.1 Å². The van der Waals surface area contributed by atoms with E-state index in [0.717, 1.165) is 15.9 Å². The first-order valence-electron chi connectivity index (χ1n) is 9.24. The van der Waals surface area contributed by atoms with Crippen molar-refractivity contribution in [2.24, 2.45) is 11.7 Å². The van der Waals surface area contributed by atoms with E-state index in [4.69, 9.17) is 20.9 Å². The van der Waals surface area contributed by atoms with Crippen molar-refractivity contribution in [3.8, 4) is 0 Å². The van der Waals surface area contributed by atoms with Crippen LogP contribution in [0, 0.1) is 12.8 Å². The number of esters is 1. The molecule has 0 saturated carbocycles. The van der Waals surface area contributed by atoms with Crippen LogP contribution in [-0.2, 0) is 14.3 Å². The monoisotopic (exact) mass is 427 g/mol. The average Bonchev–Trinajstić information content (AvgIpc) is 3.15. The number of aryl methyl sites for hydroxylation is 1. The van der Waals surface area contributed by atoms with Crippen molar-refractivity contribution >= 4 is 33.6 Å². The van der Waals surface area contributed by atoms with Gasteiger partial charge in [-0.15, -0.1) is 0 Å². The SMILES string of the molecule is CCC(C)[C@H](N)C(=O)OC[C@H]1O[C@@H](n2c(=O)sc3c(C)nc(N)nc32)[C@H](O)[C@@H]1O. The third kappa shape index (κ3) is 3.98. The highest BCUT2D eigenvalue weighted by Crippen LogP contribution is 2.32. The maximum atomic E-state index is 12.5. The van der Waals surface area contributed by atoms with Gasteiger partial charge < -0.3 is 31.2 Å². The number of thiazole rings is 1. The molecule has 1 aliphatic rings. The number of hydrogen-bond donors (Lipinski definition) is 4. The minimum Gasteiger partial charge on any atom is -0.462 e. The Kier molecular flexibility index (Phi) is 6.19. The lowest BCUT2D eigenvalue weighted by molar-refractivity contribution is -0.152. The summed E-state index contributed by atoms with van der Waals surface area (Å²) in [6, 6.07) is -0.801. The first kappa shape index (κ1) is 21.6. The third-order valence-corrected chi connectivity index (χ3v) is 6.21. The summed E-state index contributed by atoms with van der Waals surface area (Å²) in [6.45, 7) is 5.11. The molecular weight excluding hydrogens is 402 g/mol. The Bertz CT molecular complexity index is 962. The van der Waals surface area contributed by atoms with Gasteiger partial charge in [-0.3, -0.25) is 14.2 Å². The molecule has 3 heterocycles. The zero-order valence-corrected chi connectivity index (χ0v) is 17.1. The molecule has 1 unspecified atom stereocenters. The van der Waals surface area contributed by atoms with Crippen molar-refractivity contribution in [1.29, 1.82) is 0 Å². The zero-order valence-electron chi connectivity index (χ0n) is 16.3. The number of hydrogen-bond acceptors (Lipinski definition) is 11. The molecule has 2 aromatic heterocycles. The van der Waals surface area contributed by atoms with Crippen molar-refractivity contribution in [1.82, 2.24) is 14.5 Å². The number of nitrogen functional groups attached to an aromatic ring is 1. The van der Waals surface area contributed by atoms with E-state index in [1.54, 1.807) is 6.92 Å². The number of anilines is 1. The van der Waals surface area contributed by atoms with Crippen LogP contribution in [0.25, 0.3) is 10.3 Å². The van der Waals surface area contributed by atoms with Gasteiger partial charge >= 0.3 is 10.8 Å². The van der Waals surface area contributed by atoms with Crippen LogP contribution in [0.3, 0.4) is 0 Å². The summed E-state index contributed by atoms with van der Waals surface area (Å²) in [7, 11) is 0. The number of nitrogens with zero attached hydrogens (tertiary/aromatic N) is 3. The third-order valence-electron chi connectivity index (χ3n) is 5.16. The lowest BCUT2D eigenvalue weighted by Gasteiger charge is -2.19. The Morgan fingerprint density at radius 1 is 1.38 bits per heavy atom. The lowest BCUT2D eigenvalue weighted by atomic mass is 10.0. The van der Waals surface area contributed by atoms with E-state index in [1.165, 1.54) is 0 Å². The maximum Gasteiger partial charge on any atom is 0.323 e. The summed E-state index contributed by atoms with van der Waals surface area (Å²) in [5, 5.41) is 20.8. The molecule has 1 fully saturated rings. The number of rotatable bonds is 6. The second-order valence-corrected chi connectivity index (χ2v) is 8.11. The molecule has 1 aliphatic heterocycles. The molecule has 0 amide bonds. The summed E-state index contributed by atoms with van der Waals surface area (Å²) >= 11 is 0.885. The van der Waals surface area contributed by atoms with E-state index >= 15 is 0 Å². The number of aromatic nitrogens is 3. The Morgan fingerprint density at radius 2 is 2.07 bits per heavy atom.